The van der Waals surface area contributed by atoms with Gasteiger partial charge in [0, 0.05) is 11.6 Å². The average molecular weight is 309 g/mol. The van der Waals surface area contributed by atoms with E-state index in [0.29, 0.717) is 5.56 Å². The summed E-state index contributed by atoms with van der Waals surface area (Å²) in [5.74, 6) is -0.718. The highest BCUT2D eigenvalue weighted by atomic mass is 19.1. The SMILES string of the molecule is O=C(O)c1ccc2c(c1)C1C=CCC1C(c1cccc(F)c1)N2. The maximum absolute atomic E-state index is 13.6. The van der Waals surface area contributed by atoms with E-state index >= 15 is 0 Å². The predicted molar refractivity (Wildman–Crippen MR) is 86.2 cm³/mol. The van der Waals surface area contributed by atoms with Gasteiger partial charge >= 0.3 is 5.97 Å². The predicted octanol–water partition coefficient (Wildman–Crippen LogP) is 4.35. The first-order valence-corrected chi connectivity index (χ1v) is 7.69. The number of rotatable bonds is 2. The molecule has 0 aromatic heterocycles. The first kappa shape index (κ1) is 14.0. The molecule has 2 aromatic carbocycles. The second-order valence-electron chi connectivity index (χ2n) is 6.14. The Balaban J connectivity index is 1.79. The van der Waals surface area contributed by atoms with Crippen LogP contribution in [0.5, 0.6) is 0 Å². The van der Waals surface area contributed by atoms with Crippen molar-refractivity contribution in [2.75, 3.05) is 5.32 Å². The Kier molecular flexibility index (Phi) is 3.18. The molecule has 3 atom stereocenters. The van der Waals surface area contributed by atoms with Gasteiger partial charge in [0.1, 0.15) is 5.82 Å². The second kappa shape index (κ2) is 5.23. The molecule has 3 unspecified atom stereocenters. The topological polar surface area (TPSA) is 49.3 Å². The first-order chi connectivity index (χ1) is 11.1. The number of nitrogens with one attached hydrogen (secondary N) is 1. The number of aromatic carboxylic acids is 1. The molecule has 2 N–H and O–H groups in total. The number of halogens is 1. The lowest BCUT2D eigenvalue weighted by Crippen LogP contribution is -2.29. The number of hydrogen-bond donors (Lipinski definition) is 2. The highest BCUT2D eigenvalue weighted by molar-refractivity contribution is 5.89. The third kappa shape index (κ3) is 2.31. The zero-order chi connectivity index (χ0) is 16.0. The summed E-state index contributed by atoms with van der Waals surface area (Å²) in [6, 6.07) is 11.9. The van der Waals surface area contributed by atoms with Crippen LogP contribution < -0.4 is 5.32 Å². The van der Waals surface area contributed by atoms with Crippen LogP contribution in [0.3, 0.4) is 0 Å². The summed E-state index contributed by atoms with van der Waals surface area (Å²) in [5, 5.41) is 12.7. The van der Waals surface area contributed by atoms with Crippen molar-refractivity contribution in [3.63, 3.8) is 0 Å². The maximum Gasteiger partial charge on any atom is 0.335 e. The molecule has 0 saturated heterocycles. The molecule has 1 aliphatic carbocycles. The molecule has 1 aliphatic heterocycles. The molecule has 0 spiro atoms. The van der Waals surface area contributed by atoms with Crippen molar-refractivity contribution in [2.45, 2.75) is 18.4 Å². The summed E-state index contributed by atoms with van der Waals surface area (Å²) in [4.78, 5) is 11.2. The Morgan fingerprint density at radius 2 is 2.09 bits per heavy atom. The van der Waals surface area contributed by atoms with Crippen molar-refractivity contribution in [2.24, 2.45) is 5.92 Å². The molecule has 4 heteroatoms. The van der Waals surface area contributed by atoms with Crippen molar-refractivity contribution in [1.82, 2.24) is 0 Å². The second-order valence-corrected chi connectivity index (χ2v) is 6.14. The van der Waals surface area contributed by atoms with Gasteiger partial charge in [0.25, 0.3) is 0 Å². The van der Waals surface area contributed by atoms with Gasteiger partial charge < -0.3 is 10.4 Å². The minimum atomic E-state index is -0.918. The van der Waals surface area contributed by atoms with Crippen LogP contribution in [0.1, 0.15) is 39.9 Å². The standard InChI is InChI=1S/C19H16FNO2/c20-13-4-1-3-11(9-13)18-15-6-2-5-14(15)16-10-12(19(22)23)7-8-17(16)21-18/h1-5,7-10,14-15,18,21H,6H2,(H,22,23). The van der Waals surface area contributed by atoms with Gasteiger partial charge in [0.2, 0.25) is 0 Å². The average Bonchev–Trinajstić information content (AvgIpc) is 3.03. The number of anilines is 1. The van der Waals surface area contributed by atoms with Crippen molar-refractivity contribution >= 4 is 11.7 Å². The number of carbonyl (C=O) groups is 1. The number of carboxylic acid groups (broad SMARTS) is 1. The normalized spacial score (nSPS) is 24.7. The van der Waals surface area contributed by atoms with Crippen LogP contribution in [0.4, 0.5) is 10.1 Å². The van der Waals surface area contributed by atoms with Gasteiger partial charge in [0.05, 0.1) is 11.6 Å². The fraction of sp³-hybridized carbons (Fsp3) is 0.211. The summed E-state index contributed by atoms with van der Waals surface area (Å²) in [6.45, 7) is 0. The first-order valence-electron chi connectivity index (χ1n) is 7.69. The Morgan fingerprint density at radius 1 is 1.22 bits per heavy atom. The molecule has 0 radical (unpaired) electrons. The summed E-state index contributed by atoms with van der Waals surface area (Å²) >= 11 is 0. The van der Waals surface area contributed by atoms with Crippen LogP contribution >= 0.6 is 0 Å². The molecule has 116 valence electrons. The third-order valence-corrected chi connectivity index (χ3v) is 4.82. The Labute approximate surface area is 133 Å². The van der Waals surface area contributed by atoms with E-state index in [1.54, 1.807) is 24.3 Å². The summed E-state index contributed by atoms with van der Waals surface area (Å²) in [6.07, 6.45) is 5.17. The molecule has 0 amide bonds. The van der Waals surface area contributed by atoms with Crippen LogP contribution in [0.25, 0.3) is 0 Å². The minimum Gasteiger partial charge on any atom is -0.478 e. The number of carboxylic acids is 1. The molecular weight excluding hydrogens is 293 g/mol. The molecule has 4 rings (SSSR count). The van der Waals surface area contributed by atoms with Crippen LogP contribution in [0, 0.1) is 11.7 Å². The van der Waals surface area contributed by atoms with Gasteiger partial charge in [-0.3, -0.25) is 0 Å². The third-order valence-electron chi connectivity index (χ3n) is 4.82. The quantitative estimate of drug-likeness (QED) is 0.811. The molecule has 0 bridgehead atoms. The van der Waals surface area contributed by atoms with E-state index in [1.165, 1.54) is 6.07 Å². The minimum absolute atomic E-state index is 0.0221. The lowest BCUT2D eigenvalue weighted by atomic mass is 9.76. The van der Waals surface area contributed by atoms with Crippen LogP contribution in [-0.4, -0.2) is 11.1 Å². The van der Waals surface area contributed by atoms with Crippen molar-refractivity contribution in [3.8, 4) is 0 Å². The molecular formula is C19H16FNO2. The Morgan fingerprint density at radius 3 is 2.87 bits per heavy atom. The van der Waals surface area contributed by atoms with Crippen LogP contribution in [0.15, 0.2) is 54.6 Å². The summed E-state index contributed by atoms with van der Waals surface area (Å²) < 4.78 is 13.6. The maximum atomic E-state index is 13.6. The Bertz CT molecular complexity index is 815. The van der Waals surface area contributed by atoms with Gasteiger partial charge in [-0.2, -0.15) is 0 Å². The number of hydrogen-bond acceptors (Lipinski definition) is 2. The van der Waals surface area contributed by atoms with E-state index in [2.05, 4.69) is 17.5 Å². The largest absolute Gasteiger partial charge is 0.478 e. The molecule has 1 heterocycles. The fourth-order valence-electron chi connectivity index (χ4n) is 3.76. The monoisotopic (exact) mass is 309 g/mol. The molecule has 0 fully saturated rings. The van der Waals surface area contributed by atoms with E-state index < -0.39 is 5.97 Å². The van der Waals surface area contributed by atoms with Gasteiger partial charge in [-0.25, -0.2) is 9.18 Å². The van der Waals surface area contributed by atoms with E-state index in [1.807, 2.05) is 12.1 Å². The van der Waals surface area contributed by atoms with E-state index in [9.17, 15) is 14.3 Å². The van der Waals surface area contributed by atoms with E-state index in [4.69, 9.17) is 0 Å². The zero-order valence-corrected chi connectivity index (χ0v) is 12.4. The van der Waals surface area contributed by atoms with Gasteiger partial charge in [-0.05, 0) is 53.8 Å². The van der Waals surface area contributed by atoms with Crippen molar-refractivity contribution in [1.29, 1.82) is 0 Å². The van der Waals surface area contributed by atoms with Gasteiger partial charge in [-0.1, -0.05) is 24.3 Å². The highest BCUT2D eigenvalue weighted by Gasteiger charge is 2.38. The van der Waals surface area contributed by atoms with E-state index in [-0.39, 0.29) is 23.7 Å². The van der Waals surface area contributed by atoms with Gasteiger partial charge in [-0.15, -0.1) is 0 Å². The lowest BCUT2D eigenvalue weighted by Gasteiger charge is -2.37. The highest BCUT2D eigenvalue weighted by Crippen LogP contribution is 2.49. The van der Waals surface area contributed by atoms with Crippen molar-refractivity contribution in [3.05, 3.63) is 77.1 Å². The number of benzene rings is 2. The van der Waals surface area contributed by atoms with E-state index in [0.717, 1.165) is 23.2 Å². The Hall–Kier alpha value is -2.62. The number of fused-ring (bicyclic) bond motifs is 3. The lowest BCUT2D eigenvalue weighted by molar-refractivity contribution is 0.0696. The fourth-order valence-corrected chi connectivity index (χ4v) is 3.76. The molecule has 3 nitrogen and oxygen atoms in total. The molecule has 2 aromatic rings. The van der Waals surface area contributed by atoms with Crippen LogP contribution in [-0.2, 0) is 0 Å². The van der Waals surface area contributed by atoms with Crippen LogP contribution in [0.2, 0.25) is 0 Å². The summed E-state index contributed by atoms with van der Waals surface area (Å²) in [7, 11) is 0. The smallest absolute Gasteiger partial charge is 0.335 e. The number of allylic oxidation sites excluding steroid dienone is 2. The molecule has 23 heavy (non-hydrogen) atoms. The summed E-state index contributed by atoms with van der Waals surface area (Å²) in [5.41, 5.74) is 3.17. The van der Waals surface area contributed by atoms with Crippen molar-refractivity contribution < 1.29 is 14.3 Å². The van der Waals surface area contributed by atoms with Gasteiger partial charge in [0.15, 0.2) is 0 Å². The molecule has 0 saturated carbocycles. The zero-order valence-electron chi connectivity index (χ0n) is 12.4. The molecule has 2 aliphatic rings.